The third kappa shape index (κ3) is 5.34. The summed E-state index contributed by atoms with van der Waals surface area (Å²) < 4.78 is 10.5. The van der Waals surface area contributed by atoms with Crippen molar-refractivity contribution >= 4 is 11.9 Å². The van der Waals surface area contributed by atoms with Gasteiger partial charge in [-0.3, -0.25) is 0 Å². The number of carbonyl (C=O) groups excluding carboxylic acids is 2. The second kappa shape index (κ2) is 11.0. The molecule has 4 nitrogen and oxygen atoms in total. The molecular formula is C32H50O4. The first kappa shape index (κ1) is 27.5. The van der Waals surface area contributed by atoms with Crippen molar-refractivity contribution in [2.75, 3.05) is 6.61 Å². The molecule has 5 unspecified atom stereocenters. The van der Waals surface area contributed by atoms with E-state index in [4.69, 9.17) is 9.47 Å². The topological polar surface area (TPSA) is 52.6 Å². The lowest BCUT2D eigenvalue weighted by Crippen LogP contribution is -2.51. The molecular weight excluding hydrogens is 448 g/mol. The number of esters is 2. The molecule has 0 heterocycles. The van der Waals surface area contributed by atoms with Crippen molar-refractivity contribution in [3.8, 4) is 0 Å². The summed E-state index contributed by atoms with van der Waals surface area (Å²) in [6, 6.07) is 0. The summed E-state index contributed by atoms with van der Waals surface area (Å²) in [4.78, 5) is 23.4. The van der Waals surface area contributed by atoms with Gasteiger partial charge >= 0.3 is 11.9 Å². The van der Waals surface area contributed by atoms with Crippen LogP contribution in [0.2, 0.25) is 0 Å². The molecule has 4 rings (SSSR count). The highest BCUT2D eigenvalue weighted by Crippen LogP contribution is 2.67. The molecule has 0 spiro atoms. The Morgan fingerprint density at radius 3 is 2.58 bits per heavy atom. The first-order valence-electron chi connectivity index (χ1n) is 14.8. The van der Waals surface area contributed by atoms with E-state index in [9.17, 15) is 9.59 Å². The summed E-state index contributed by atoms with van der Waals surface area (Å²) in [6.45, 7) is 15.4. The first-order valence-corrected chi connectivity index (χ1v) is 14.8. The molecule has 0 amide bonds. The fourth-order valence-corrected chi connectivity index (χ4v) is 9.16. The molecule has 8 atom stereocenters. The van der Waals surface area contributed by atoms with Crippen molar-refractivity contribution in [2.45, 2.75) is 111 Å². The average molecular weight is 499 g/mol. The standard InChI is InChI=1S/C32H50O4/c1-7-29(33)35-20-30(34)36-24-15-17-31(5)23(19-24)11-12-25-27-14-13-26(22(4)10-8-9-21(2)3)32(27,6)18-16-28(25)31/h7,11,21-22,24-28H,1,8-10,12-20H2,2-6H3/t22?,24-,25?,26?,27?,28?,31-,32+/m0/s1. The average Bonchev–Trinajstić information content (AvgIpc) is 3.19. The highest BCUT2D eigenvalue weighted by atomic mass is 16.6. The van der Waals surface area contributed by atoms with E-state index in [1.165, 1.54) is 56.9 Å². The Labute approximate surface area is 219 Å². The van der Waals surface area contributed by atoms with Gasteiger partial charge in [0.05, 0.1) is 0 Å². The zero-order valence-electron chi connectivity index (χ0n) is 23.5. The van der Waals surface area contributed by atoms with Crippen molar-refractivity contribution in [1.29, 1.82) is 0 Å². The van der Waals surface area contributed by atoms with Crippen LogP contribution in [-0.4, -0.2) is 24.6 Å². The number of allylic oxidation sites excluding steroid dienone is 1. The van der Waals surface area contributed by atoms with Crippen LogP contribution in [-0.2, 0) is 19.1 Å². The van der Waals surface area contributed by atoms with Crippen molar-refractivity contribution in [1.82, 2.24) is 0 Å². The molecule has 36 heavy (non-hydrogen) atoms. The Kier molecular flexibility index (Phi) is 8.42. The third-order valence-electron chi connectivity index (χ3n) is 11.1. The van der Waals surface area contributed by atoms with Gasteiger partial charge in [0.2, 0.25) is 0 Å². The molecule has 4 aliphatic carbocycles. The summed E-state index contributed by atoms with van der Waals surface area (Å²) >= 11 is 0. The van der Waals surface area contributed by atoms with Gasteiger partial charge in [0.1, 0.15) is 6.10 Å². The van der Waals surface area contributed by atoms with Crippen LogP contribution in [0.25, 0.3) is 0 Å². The van der Waals surface area contributed by atoms with E-state index in [0.29, 0.717) is 5.41 Å². The fraction of sp³-hybridized carbons (Fsp3) is 0.812. The summed E-state index contributed by atoms with van der Waals surface area (Å²) in [7, 11) is 0. The van der Waals surface area contributed by atoms with Crippen LogP contribution >= 0.6 is 0 Å². The summed E-state index contributed by atoms with van der Waals surface area (Å²) in [5, 5.41) is 0. The van der Waals surface area contributed by atoms with Crippen molar-refractivity contribution in [2.24, 2.45) is 46.3 Å². The lowest BCUT2D eigenvalue weighted by molar-refractivity contribution is -0.161. The zero-order chi connectivity index (χ0) is 26.1. The van der Waals surface area contributed by atoms with Gasteiger partial charge in [-0.15, -0.1) is 0 Å². The Hall–Kier alpha value is -1.58. The predicted molar refractivity (Wildman–Crippen MR) is 144 cm³/mol. The first-order chi connectivity index (χ1) is 17.1. The van der Waals surface area contributed by atoms with Crippen molar-refractivity contribution in [3.63, 3.8) is 0 Å². The Morgan fingerprint density at radius 1 is 1.08 bits per heavy atom. The lowest BCUT2D eigenvalue weighted by atomic mass is 9.47. The van der Waals surface area contributed by atoms with Crippen LogP contribution < -0.4 is 0 Å². The third-order valence-corrected chi connectivity index (χ3v) is 11.1. The van der Waals surface area contributed by atoms with Crippen LogP contribution in [0.4, 0.5) is 0 Å². The predicted octanol–water partition coefficient (Wildman–Crippen LogP) is 7.67. The van der Waals surface area contributed by atoms with E-state index in [-0.39, 0.29) is 18.1 Å². The van der Waals surface area contributed by atoms with Gasteiger partial charge < -0.3 is 9.47 Å². The molecule has 0 aromatic carbocycles. The summed E-state index contributed by atoms with van der Waals surface area (Å²) in [5.74, 6) is 3.93. The van der Waals surface area contributed by atoms with E-state index >= 15 is 0 Å². The molecule has 0 radical (unpaired) electrons. The molecule has 0 bridgehead atoms. The number of fused-ring (bicyclic) bond motifs is 5. The highest BCUT2D eigenvalue weighted by Gasteiger charge is 2.59. The van der Waals surface area contributed by atoms with Gasteiger partial charge in [0.15, 0.2) is 6.61 Å². The molecule has 3 saturated carbocycles. The summed E-state index contributed by atoms with van der Waals surface area (Å²) in [5.41, 5.74) is 2.26. The molecule has 0 saturated heterocycles. The SMILES string of the molecule is C=CC(=O)OCC(=O)O[C@H]1CC[C@@]2(C)C(=CCC3C4CCC(C(C)CCCC(C)C)[C@@]4(C)CCC32)C1. The minimum Gasteiger partial charge on any atom is -0.460 e. The maximum Gasteiger partial charge on any atom is 0.344 e. The van der Waals surface area contributed by atoms with E-state index < -0.39 is 11.9 Å². The number of rotatable bonds is 9. The van der Waals surface area contributed by atoms with E-state index in [1.807, 2.05) is 0 Å². The van der Waals surface area contributed by atoms with E-state index in [0.717, 1.165) is 60.8 Å². The lowest BCUT2D eigenvalue weighted by Gasteiger charge is -2.58. The minimum absolute atomic E-state index is 0.104. The largest absolute Gasteiger partial charge is 0.460 e. The molecule has 0 aliphatic heterocycles. The smallest absolute Gasteiger partial charge is 0.344 e. The molecule has 0 N–H and O–H groups in total. The molecule has 4 heteroatoms. The molecule has 0 aromatic heterocycles. The van der Waals surface area contributed by atoms with Crippen LogP contribution in [0, 0.1) is 46.3 Å². The molecule has 4 aliphatic rings. The zero-order valence-corrected chi connectivity index (χ0v) is 23.5. The van der Waals surface area contributed by atoms with Gasteiger partial charge in [0.25, 0.3) is 0 Å². The maximum absolute atomic E-state index is 12.2. The Bertz CT molecular complexity index is 858. The molecule has 202 valence electrons. The van der Waals surface area contributed by atoms with Gasteiger partial charge in [-0.2, -0.15) is 0 Å². The minimum atomic E-state index is -0.590. The van der Waals surface area contributed by atoms with Crippen molar-refractivity contribution < 1.29 is 19.1 Å². The van der Waals surface area contributed by atoms with Gasteiger partial charge in [-0.1, -0.05) is 72.1 Å². The summed E-state index contributed by atoms with van der Waals surface area (Å²) in [6.07, 6.45) is 17.2. The Morgan fingerprint density at radius 2 is 1.86 bits per heavy atom. The maximum atomic E-state index is 12.2. The second-order valence-electron chi connectivity index (χ2n) is 13.5. The van der Waals surface area contributed by atoms with Crippen LogP contribution in [0.5, 0.6) is 0 Å². The quantitative estimate of drug-likeness (QED) is 0.186. The van der Waals surface area contributed by atoms with Crippen molar-refractivity contribution in [3.05, 3.63) is 24.3 Å². The number of hydrogen-bond acceptors (Lipinski definition) is 4. The van der Waals surface area contributed by atoms with Gasteiger partial charge in [0, 0.05) is 12.5 Å². The van der Waals surface area contributed by atoms with Crippen LogP contribution in [0.1, 0.15) is 105 Å². The number of hydrogen-bond donors (Lipinski definition) is 0. The van der Waals surface area contributed by atoms with E-state index in [2.05, 4.69) is 47.3 Å². The van der Waals surface area contributed by atoms with Gasteiger partial charge in [-0.05, 0) is 91.3 Å². The highest BCUT2D eigenvalue weighted by molar-refractivity contribution is 5.83. The van der Waals surface area contributed by atoms with Gasteiger partial charge in [-0.25, -0.2) is 9.59 Å². The fourth-order valence-electron chi connectivity index (χ4n) is 9.16. The molecule has 0 aromatic rings. The normalized spacial score (nSPS) is 38.3. The second-order valence-corrected chi connectivity index (χ2v) is 13.5. The van der Waals surface area contributed by atoms with Crippen LogP contribution in [0.3, 0.4) is 0 Å². The number of carbonyl (C=O) groups is 2. The van der Waals surface area contributed by atoms with E-state index in [1.54, 1.807) is 0 Å². The molecule has 3 fully saturated rings. The number of ether oxygens (including phenoxy) is 2. The Balaban J connectivity index is 1.39. The monoisotopic (exact) mass is 498 g/mol. The van der Waals surface area contributed by atoms with Crippen LogP contribution in [0.15, 0.2) is 24.3 Å².